The van der Waals surface area contributed by atoms with Gasteiger partial charge in [-0.25, -0.2) is 4.79 Å². The molecular formula is C16H19NO5. The summed E-state index contributed by atoms with van der Waals surface area (Å²) in [4.78, 5) is 24.2. The summed E-state index contributed by atoms with van der Waals surface area (Å²) in [6.45, 7) is 5.21. The molecule has 0 aromatic heterocycles. The molecule has 0 radical (unpaired) electrons. The third-order valence-corrected chi connectivity index (χ3v) is 3.70. The van der Waals surface area contributed by atoms with Crippen LogP contribution in [0.1, 0.15) is 20.8 Å². The van der Waals surface area contributed by atoms with E-state index in [1.807, 2.05) is 0 Å². The molecule has 1 aromatic carbocycles. The number of hydrogen-bond donors (Lipinski definition) is 1. The number of rotatable bonds is 4. The molecule has 0 spiro atoms. The van der Waals surface area contributed by atoms with Crippen LogP contribution in [-0.2, 0) is 14.3 Å². The van der Waals surface area contributed by atoms with Crippen LogP contribution in [0.4, 0.5) is 5.69 Å². The van der Waals surface area contributed by atoms with E-state index in [-0.39, 0.29) is 5.57 Å². The standard InChI is InChI=1S/C16H19NO5/c1-9-13(15(19)22-16(9,2)3)14(18)17-10-6-7-11(20-4)12(8-10)21-5/h6-8H,1-5H3,(H,17,18). The van der Waals surface area contributed by atoms with Gasteiger partial charge in [0.2, 0.25) is 0 Å². The van der Waals surface area contributed by atoms with Crippen molar-refractivity contribution in [1.82, 2.24) is 0 Å². The maximum Gasteiger partial charge on any atom is 0.344 e. The van der Waals surface area contributed by atoms with E-state index in [2.05, 4.69) is 5.32 Å². The Bertz CT molecular complexity index is 661. The minimum Gasteiger partial charge on any atom is -0.493 e. The number of methoxy groups -OCH3 is 2. The van der Waals surface area contributed by atoms with Gasteiger partial charge in [0, 0.05) is 11.8 Å². The molecule has 0 saturated heterocycles. The van der Waals surface area contributed by atoms with Crippen molar-refractivity contribution in [2.45, 2.75) is 26.4 Å². The van der Waals surface area contributed by atoms with Crippen molar-refractivity contribution in [1.29, 1.82) is 0 Å². The number of esters is 1. The third-order valence-electron chi connectivity index (χ3n) is 3.70. The fourth-order valence-corrected chi connectivity index (χ4v) is 2.18. The van der Waals surface area contributed by atoms with Crippen molar-refractivity contribution in [2.75, 3.05) is 19.5 Å². The van der Waals surface area contributed by atoms with E-state index in [0.717, 1.165) is 0 Å². The van der Waals surface area contributed by atoms with E-state index in [1.165, 1.54) is 14.2 Å². The lowest BCUT2D eigenvalue weighted by atomic mass is 9.97. The van der Waals surface area contributed by atoms with Gasteiger partial charge < -0.3 is 19.5 Å². The molecule has 1 aliphatic heterocycles. The normalized spacial score (nSPS) is 16.3. The number of nitrogens with one attached hydrogen (secondary N) is 1. The Hall–Kier alpha value is -2.50. The van der Waals surface area contributed by atoms with Gasteiger partial charge in [0.05, 0.1) is 14.2 Å². The molecule has 118 valence electrons. The Morgan fingerprint density at radius 2 is 1.82 bits per heavy atom. The predicted molar refractivity (Wildman–Crippen MR) is 81.0 cm³/mol. The van der Waals surface area contributed by atoms with Crippen molar-refractivity contribution < 1.29 is 23.8 Å². The van der Waals surface area contributed by atoms with Crippen LogP contribution in [0.5, 0.6) is 11.5 Å². The molecule has 0 bridgehead atoms. The first-order valence-corrected chi connectivity index (χ1v) is 6.78. The molecule has 6 nitrogen and oxygen atoms in total. The van der Waals surface area contributed by atoms with E-state index in [0.29, 0.717) is 22.8 Å². The molecule has 0 fully saturated rings. The van der Waals surface area contributed by atoms with Crippen LogP contribution in [0.3, 0.4) is 0 Å². The summed E-state index contributed by atoms with van der Waals surface area (Å²) in [5.41, 5.74) is 0.386. The lowest BCUT2D eigenvalue weighted by Gasteiger charge is -2.17. The smallest absolute Gasteiger partial charge is 0.344 e. The molecule has 0 unspecified atom stereocenters. The Balaban J connectivity index is 2.26. The number of hydrogen-bond acceptors (Lipinski definition) is 5. The monoisotopic (exact) mass is 305 g/mol. The topological polar surface area (TPSA) is 73.9 Å². The number of ether oxygens (including phenoxy) is 3. The van der Waals surface area contributed by atoms with E-state index in [4.69, 9.17) is 14.2 Å². The zero-order valence-corrected chi connectivity index (χ0v) is 13.3. The van der Waals surface area contributed by atoms with Gasteiger partial charge in [0.15, 0.2) is 11.5 Å². The Kier molecular flexibility index (Phi) is 4.12. The van der Waals surface area contributed by atoms with Crippen LogP contribution in [0, 0.1) is 0 Å². The quantitative estimate of drug-likeness (QED) is 0.682. The molecule has 1 heterocycles. The summed E-state index contributed by atoms with van der Waals surface area (Å²) in [7, 11) is 3.04. The predicted octanol–water partition coefficient (Wildman–Crippen LogP) is 2.29. The summed E-state index contributed by atoms with van der Waals surface area (Å²) in [6, 6.07) is 4.96. The van der Waals surface area contributed by atoms with Crippen LogP contribution in [0.15, 0.2) is 29.3 Å². The van der Waals surface area contributed by atoms with Crippen molar-refractivity contribution in [3.05, 3.63) is 29.3 Å². The van der Waals surface area contributed by atoms with E-state index in [9.17, 15) is 9.59 Å². The summed E-state index contributed by atoms with van der Waals surface area (Å²) in [5.74, 6) is -0.0709. The van der Waals surface area contributed by atoms with E-state index < -0.39 is 17.5 Å². The highest BCUT2D eigenvalue weighted by molar-refractivity contribution is 6.23. The molecule has 6 heteroatoms. The summed E-state index contributed by atoms with van der Waals surface area (Å²) in [6.07, 6.45) is 0. The first-order valence-electron chi connectivity index (χ1n) is 6.78. The van der Waals surface area contributed by atoms with Gasteiger partial charge in [-0.2, -0.15) is 0 Å². The molecule has 1 aliphatic rings. The third kappa shape index (κ3) is 2.77. The number of anilines is 1. The Labute approximate surface area is 129 Å². The second-order valence-electron chi connectivity index (χ2n) is 5.42. The van der Waals surface area contributed by atoms with Gasteiger partial charge in [0.25, 0.3) is 5.91 Å². The van der Waals surface area contributed by atoms with Gasteiger partial charge in [0.1, 0.15) is 11.2 Å². The zero-order chi connectivity index (χ0) is 16.5. The molecule has 2 rings (SSSR count). The Morgan fingerprint density at radius 3 is 2.32 bits per heavy atom. The molecule has 1 amide bonds. The van der Waals surface area contributed by atoms with E-state index in [1.54, 1.807) is 39.0 Å². The van der Waals surface area contributed by atoms with Gasteiger partial charge >= 0.3 is 5.97 Å². The highest BCUT2D eigenvalue weighted by Gasteiger charge is 2.40. The highest BCUT2D eigenvalue weighted by atomic mass is 16.6. The average Bonchev–Trinajstić information content (AvgIpc) is 2.66. The maximum absolute atomic E-state index is 12.3. The number of cyclic esters (lactones) is 1. The summed E-state index contributed by atoms with van der Waals surface area (Å²) >= 11 is 0. The number of carbonyl (C=O) groups is 2. The second-order valence-corrected chi connectivity index (χ2v) is 5.42. The van der Waals surface area contributed by atoms with Crippen molar-refractivity contribution >= 4 is 17.6 Å². The molecular weight excluding hydrogens is 286 g/mol. The SMILES string of the molecule is COc1ccc(NC(=O)C2=C(C)C(C)(C)OC2=O)cc1OC. The zero-order valence-electron chi connectivity index (χ0n) is 13.3. The minimum atomic E-state index is -0.763. The first-order chi connectivity index (χ1) is 10.3. The lowest BCUT2D eigenvalue weighted by molar-refractivity contribution is -0.145. The lowest BCUT2D eigenvalue weighted by Crippen LogP contribution is -2.21. The highest BCUT2D eigenvalue weighted by Crippen LogP contribution is 2.33. The van der Waals surface area contributed by atoms with Crippen molar-refractivity contribution in [2.24, 2.45) is 0 Å². The fourth-order valence-electron chi connectivity index (χ4n) is 2.18. The molecule has 0 saturated carbocycles. The largest absolute Gasteiger partial charge is 0.493 e. The molecule has 1 aromatic rings. The van der Waals surface area contributed by atoms with Crippen LogP contribution in [0.2, 0.25) is 0 Å². The average molecular weight is 305 g/mol. The van der Waals surface area contributed by atoms with Gasteiger partial charge in [-0.15, -0.1) is 0 Å². The van der Waals surface area contributed by atoms with Crippen LogP contribution in [-0.4, -0.2) is 31.7 Å². The van der Waals surface area contributed by atoms with E-state index >= 15 is 0 Å². The van der Waals surface area contributed by atoms with Crippen LogP contribution < -0.4 is 14.8 Å². The van der Waals surface area contributed by atoms with Gasteiger partial charge in [-0.3, -0.25) is 4.79 Å². The van der Waals surface area contributed by atoms with Gasteiger partial charge in [-0.05, 0) is 38.5 Å². The minimum absolute atomic E-state index is 0.0415. The van der Waals surface area contributed by atoms with Crippen LogP contribution >= 0.6 is 0 Å². The number of amides is 1. The number of benzene rings is 1. The van der Waals surface area contributed by atoms with Crippen molar-refractivity contribution in [3.63, 3.8) is 0 Å². The first kappa shape index (κ1) is 15.9. The molecule has 1 N–H and O–H groups in total. The summed E-state index contributed by atoms with van der Waals surface area (Å²) < 4.78 is 15.5. The van der Waals surface area contributed by atoms with Crippen LogP contribution in [0.25, 0.3) is 0 Å². The number of carbonyl (C=O) groups excluding carboxylic acids is 2. The Morgan fingerprint density at radius 1 is 1.18 bits per heavy atom. The van der Waals surface area contributed by atoms with Gasteiger partial charge in [-0.1, -0.05) is 0 Å². The second kappa shape index (κ2) is 5.71. The summed E-state index contributed by atoms with van der Waals surface area (Å²) in [5, 5.41) is 2.68. The fraction of sp³-hybridized carbons (Fsp3) is 0.375. The molecule has 0 atom stereocenters. The van der Waals surface area contributed by atoms with Crippen molar-refractivity contribution in [3.8, 4) is 11.5 Å². The molecule has 22 heavy (non-hydrogen) atoms. The molecule has 0 aliphatic carbocycles. The maximum atomic E-state index is 12.3.